The number of fused-ring (bicyclic) bond motifs is 1. The van der Waals surface area contributed by atoms with Crippen molar-refractivity contribution in [2.75, 3.05) is 52.4 Å². The first-order valence-electron chi connectivity index (χ1n) is 21.5. The van der Waals surface area contributed by atoms with E-state index < -0.39 is 35.1 Å². The Balaban J connectivity index is 1.37. The molecule has 0 aliphatic rings. The van der Waals surface area contributed by atoms with Crippen LogP contribution in [0.4, 0.5) is 14.4 Å². The molecule has 0 radical (unpaired) electrons. The fraction of sp³-hybridized carbons (Fsp3) is 0.609. The molecule has 1 heterocycles. The van der Waals surface area contributed by atoms with Gasteiger partial charge < -0.3 is 49.7 Å². The van der Waals surface area contributed by atoms with Crippen LogP contribution < -0.4 is 20.7 Å². The third kappa shape index (κ3) is 20.3. The number of hydrogen-bond acceptors (Lipinski definition) is 9. The Bertz CT molecular complexity index is 1760. The Morgan fingerprint density at radius 1 is 0.600 bits per heavy atom. The number of alkyl carbamates (subject to hydrolysis) is 1. The summed E-state index contributed by atoms with van der Waals surface area (Å²) in [5.41, 5.74) is 1.02. The Labute approximate surface area is 357 Å². The highest BCUT2D eigenvalue weighted by Crippen LogP contribution is 2.30. The summed E-state index contributed by atoms with van der Waals surface area (Å²) in [7, 11) is 0. The molecule has 0 saturated heterocycles. The minimum Gasteiger partial charge on any atom is -0.488 e. The maximum absolute atomic E-state index is 13.2. The number of unbranched alkanes of at least 4 members (excludes halogenated alkanes) is 2. The van der Waals surface area contributed by atoms with Gasteiger partial charge >= 0.3 is 18.3 Å². The minimum atomic E-state index is -0.667. The van der Waals surface area contributed by atoms with Gasteiger partial charge in [-0.2, -0.15) is 0 Å². The summed E-state index contributed by atoms with van der Waals surface area (Å²) in [5, 5.41) is 10.2. The average molecular weight is 837 g/mol. The smallest absolute Gasteiger partial charge is 0.410 e. The summed E-state index contributed by atoms with van der Waals surface area (Å²) in [5.74, 6) is 0.735. The molecule has 0 fully saturated rings. The van der Waals surface area contributed by atoms with Gasteiger partial charge in [0, 0.05) is 56.4 Å². The van der Waals surface area contributed by atoms with E-state index in [1.807, 2.05) is 96.3 Å². The average Bonchev–Trinajstić information content (AvgIpc) is 3.56. The highest BCUT2D eigenvalue weighted by atomic mass is 16.6. The molecule has 2 aromatic carbocycles. The molecule has 0 atom stereocenters. The van der Waals surface area contributed by atoms with Crippen molar-refractivity contribution in [1.29, 1.82) is 0 Å². The first kappa shape index (κ1) is 49.4. The molecule has 60 heavy (non-hydrogen) atoms. The number of ether oxygens (including phenoxy) is 4. The molecule has 4 N–H and O–H groups in total. The number of carbonyl (C=O) groups excluding carboxylic acids is 4. The maximum atomic E-state index is 13.2. The van der Waals surface area contributed by atoms with E-state index in [-0.39, 0.29) is 12.3 Å². The number of aromatic nitrogens is 1. The second-order valence-corrected chi connectivity index (χ2v) is 18.0. The first-order valence-corrected chi connectivity index (χ1v) is 21.5. The molecule has 3 rings (SSSR count). The lowest BCUT2D eigenvalue weighted by Gasteiger charge is -2.30. The highest BCUT2D eigenvalue weighted by Gasteiger charge is 2.25. The van der Waals surface area contributed by atoms with Gasteiger partial charge in [0.15, 0.2) is 0 Å². The number of nitrogens with zero attached hydrogens (tertiary/aromatic N) is 2. The van der Waals surface area contributed by atoms with Crippen LogP contribution in [0, 0.1) is 0 Å². The second kappa shape index (κ2) is 24.3. The van der Waals surface area contributed by atoms with Gasteiger partial charge in [-0.1, -0.05) is 42.8 Å². The lowest BCUT2D eigenvalue weighted by molar-refractivity contribution is -0.120. The van der Waals surface area contributed by atoms with E-state index in [4.69, 9.17) is 18.9 Å². The normalized spacial score (nSPS) is 11.8. The van der Waals surface area contributed by atoms with E-state index in [1.165, 1.54) is 0 Å². The number of hydrogen-bond donors (Lipinski definition) is 4. The molecule has 0 aliphatic heterocycles. The summed E-state index contributed by atoms with van der Waals surface area (Å²) in [6, 6.07) is 15.9. The largest absolute Gasteiger partial charge is 0.488 e. The molecule has 14 heteroatoms. The van der Waals surface area contributed by atoms with Crippen molar-refractivity contribution in [3.05, 3.63) is 65.9 Å². The van der Waals surface area contributed by atoms with Crippen LogP contribution in [-0.4, -0.2) is 108 Å². The van der Waals surface area contributed by atoms with Crippen LogP contribution in [-0.2, 0) is 32.0 Å². The molecule has 1 aromatic heterocycles. The van der Waals surface area contributed by atoms with E-state index in [9.17, 15) is 19.2 Å². The topological polar surface area (TPSA) is 164 Å². The van der Waals surface area contributed by atoms with Crippen LogP contribution in [0.5, 0.6) is 5.75 Å². The number of aromatic amines is 1. The van der Waals surface area contributed by atoms with Crippen molar-refractivity contribution >= 4 is 35.1 Å². The Kier molecular flexibility index (Phi) is 20.0. The predicted molar refractivity (Wildman–Crippen MR) is 236 cm³/mol. The molecule has 14 nitrogen and oxygen atoms in total. The predicted octanol–water partition coefficient (Wildman–Crippen LogP) is 8.33. The number of amides is 4. The van der Waals surface area contributed by atoms with Gasteiger partial charge in [-0.15, -0.1) is 0 Å². The van der Waals surface area contributed by atoms with Gasteiger partial charge in [0.1, 0.15) is 29.2 Å². The molecule has 0 unspecified atom stereocenters. The van der Waals surface area contributed by atoms with Gasteiger partial charge in [0.05, 0.1) is 6.42 Å². The lowest BCUT2D eigenvalue weighted by Crippen LogP contribution is -2.42. The molecular weight excluding hydrogens is 765 g/mol. The SMILES string of the molecule is CC(C)(C)OC(=O)NCCCN(CCCN(CCCNCCCCCNC(=O)Cc1c[nH]c2cccc(OCc3ccccc3)c12)C(=O)OC(C)(C)C)C(=O)OC(C)(C)C. The first-order chi connectivity index (χ1) is 28.3. The zero-order valence-electron chi connectivity index (χ0n) is 37.7. The van der Waals surface area contributed by atoms with Crippen LogP contribution in [0.2, 0.25) is 0 Å². The summed E-state index contributed by atoms with van der Waals surface area (Å²) in [4.78, 5) is 57.8. The van der Waals surface area contributed by atoms with Crippen LogP contribution in [0.15, 0.2) is 54.7 Å². The molecule has 0 spiro atoms. The van der Waals surface area contributed by atoms with Crippen LogP contribution in [0.3, 0.4) is 0 Å². The Hall–Kier alpha value is -4.98. The fourth-order valence-electron chi connectivity index (χ4n) is 6.22. The number of carbonyl (C=O) groups is 4. The molecule has 0 bridgehead atoms. The van der Waals surface area contributed by atoms with Crippen molar-refractivity contribution < 1.29 is 38.1 Å². The van der Waals surface area contributed by atoms with Crippen LogP contribution in [0.1, 0.15) is 112 Å². The number of nitrogens with one attached hydrogen (secondary N) is 4. The zero-order valence-corrected chi connectivity index (χ0v) is 37.7. The Morgan fingerprint density at radius 3 is 1.77 bits per heavy atom. The van der Waals surface area contributed by atoms with Crippen molar-refractivity contribution in [3.63, 3.8) is 0 Å². The van der Waals surface area contributed by atoms with Crippen LogP contribution in [0.25, 0.3) is 10.9 Å². The minimum absolute atomic E-state index is 0.0217. The zero-order chi connectivity index (χ0) is 44.2. The van der Waals surface area contributed by atoms with Gasteiger partial charge in [-0.3, -0.25) is 4.79 Å². The molecule has 4 amide bonds. The fourth-order valence-corrected chi connectivity index (χ4v) is 6.22. The van der Waals surface area contributed by atoms with Crippen molar-refractivity contribution in [2.24, 2.45) is 0 Å². The lowest BCUT2D eigenvalue weighted by atomic mass is 10.1. The van der Waals surface area contributed by atoms with E-state index in [2.05, 4.69) is 20.9 Å². The third-order valence-corrected chi connectivity index (χ3v) is 8.90. The van der Waals surface area contributed by atoms with Gasteiger partial charge in [-0.05, 0) is 131 Å². The van der Waals surface area contributed by atoms with Crippen molar-refractivity contribution in [1.82, 2.24) is 30.7 Å². The van der Waals surface area contributed by atoms with Gasteiger partial charge in [-0.25, -0.2) is 14.4 Å². The summed E-state index contributed by atoms with van der Waals surface area (Å²) in [6.45, 7) is 21.0. The second-order valence-electron chi connectivity index (χ2n) is 18.0. The summed E-state index contributed by atoms with van der Waals surface area (Å²) in [6.07, 6.45) is 5.37. The van der Waals surface area contributed by atoms with Gasteiger partial charge in [0.25, 0.3) is 0 Å². The number of H-pyrrole nitrogens is 1. The highest BCUT2D eigenvalue weighted by molar-refractivity contribution is 5.93. The quantitative estimate of drug-likeness (QED) is 0.0543. The van der Waals surface area contributed by atoms with E-state index in [0.29, 0.717) is 58.7 Å². The summed E-state index contributed by atoms with van der Waals surface area (Å²) >= 11 is 0. The molecule has 3 aromatic rings. The molecule has 0 saturated carbocycles. The molecule has 334 valence electrons. The molecular formula is C46H72N6O8. The maximum Gasteiger partial charge on any atom is 0.410 e. The standard InChI is InChI=1S/C46H72N6O8/c1-44(2,3)58-41(54)49-27-18-29-52(43(56)60-46(7,8)9)31-19-30-51(42(55)59-45(4,5)6)28-17-25-47-24-14-11-15-26-48-39(53)32-36-33-50-37-22-16-23-38(40(36)37)57-34-35-20-12-10-13-21-35/h10,12-13,16,20-23,33,47,50H,11,14-15,17-19,24-32,34H2,1-9H3,(H,48,53)(H,49,54). The molecule has 0 aliphatic carbocycles. The van der Waals surface area contributed by atoms with Crippen LogP contribution >= 0.6 is 0 Å². The third-order valence-electron chi connectivity index (χ3n) is 8.90. The van der Waals surface area contributed by atoms with E-state index >= 15 is 0 Å². The Morgan fingerprint density at radius 2 is 1.15 bits per heavy atom. The monoisotopic (exact) mass is 837 g/mol. The van der Waals surface area contributed by atoms with E-state index in [0.717, 1.165) is 66.6 Å². The van der Waals surface area contributed by atoms with Gasteiger partial charge in [0.2, 0.25) is 5.91 Å². The van der Waals surface area contributed by atoms with Crippen molar-refractivity contribution in [2.45, 2.75) is 131 Å². The van der Waals surface area contributed by atoms with E-state index in [1.54, 1.807) is 30.6 Å². The van der Waals surface area contributed by atoms with Crippen molar-refractivity contribution in [3.8, 4) is 5.75 Å². The number of benzene rings is 2. The number of rotatable bonds is 23. The summed E-state index contributed by atoms with van der Waals surface area (Å²) < 4.78 is 22.8.